The number of hydrogen-bond acceptors (Lipinski definition) is 4. The molecule has 2 aromatic rings. The fourth-order valence-corrected chi connectivity index (χ4v) is 2.94. The summed E-state index contributed by atoms with van der Waals surface area (Å²) < 4.78 is 10.9. The number of ether oxygens (including phenoxy) is 2. The summed E-state index contributed by atoms with van der Waals surface area (Å²) in [5, 5.41) is 0. The van der Waals surface area contributed by atoms with Gasteiger partial charge in [0.2, 0.25) is 0 Å². The van der Waals surface area contributed by atoms with Gasteiger partial charge in [0.05, 0.1) is 19.1 Å². The van der Waals surface area contributed by atoms with Crippen molar-refractivity contribution >= 4 is 11.8 Å². The van der Waals surface area contributed by atoms with Crippen LogP contribution < -0.4 is 15.2 Å². The van der Waals surface area contributed by atoms with Crippen molar-refractivity contribution in [2.45, 2.75) is 16.2 Å². The van der Waals surface area contributed by atoms with Crippen molar-refractivity contribution < 1.29 is 9.47 Å². The van der Waals surface area contributed by atoms with Crippen molar-refractivity contribution in [2.75, 3.05) is 20.8 Å². The lowest BCUT2D eigenvalue weighted by molar-refractivity contribution is 0.390. The molecule has 106 valence electrons. The van der Waals surface area contributed by atoms with E-state index in [1.807, 2.05) is 30.3 Å². The third kappa shape index (κ3) is 3.46. The number of methoxy groups -OCH3 is 2. The van der Waals surface area contributed by atoms with Crippen LogP contribution in [0.1, 0.15) is 5.56 Å². The number of rotatable bonds is 6. The van der Waals surface area contributed by atoms with Crippen LogP contribution in [0.4, 0.5) is 0 Å². The van der Waals surface area contributed by atoms with Crippen LogP contribution >= 0.6 is 11.8 Å². The number of benzene rings is 2. The van der Waals surface area contributed by atoms with Crippen LogP contribution in [0.3, 0.4) is 0 Å². The average molecular weight is 289 g/mol. The lowest BCUT2D eigenvalue weighted by Crippen LogP contribution is -2.05. The second kappa shape index (κ2) is 7.22. The van der Waals surface area contributed by atoms with Crippen LogP contribution in [0.25, 0.3) is 0 Å². The van der Waals surface area contributed by atoms with Gasteiger partial charge >= 0.3 is 0 Å². The second-order valence-corrected chi connectivity index (χ2v) is 5.38. The lowest BCUT2D eigenvalue weighted by Gasteiger charge is -2.14. The van der Waals surface area contributed by atoms with E-state index in [0.29, 0.717) is 6.54 Å². The predicted octanol–water partition coefficient (Wildman–Crippen LogP) is 3.36. The largest absolute Gasteiger partial charge is 0.496 e. The van der Waals surface area contributed by atoms with Gasteiger partial charge in [-0.3, -0.25) is 0 Å². The summed E-state index contributed by atoms with van der Waals surface area (Å²) in [5.41, 5.74) is 6.71. The van der Waals surface area contributed by atoms with Crippen LogP contribution in [-0.2, 0) is 6.42 Å². The van der Waals surface area contributed by atoms with E-state index in [0.717, 1.165) is 28.4 Å². The van der Waals surface area contributed by atoms with Gasteiger partial charge in [0.25, 0.3) is 0 Å². The predicted molar refractivity (Wildman–Crippen MR) is 82.9 cm³/mol. The molecule has 4 heteroatoms. The van der Waals surface area contributed by atoms with Gasteiger partial charge in [-0.1, -0.05) is 30.0 Å². The van der Waals surface area contributed by atoms with Crippen molar-refractivity contribution in [1.29, 1.82) is 0 Å². The maximum absolute atomic E-state index is 5.64. The summed E-state index contributed by atoms with van der Waals surface area (Å²) in [4.78, 5) is 2.20. The molecule has 2 aromatic carbocycles. The summed E-state index contributed by atoms with van der Waals surface area (Å²) in [6.45, 7) is 0.588. The van der Waals surface area contributed by atoms with Gasteiger partial charge in [0, 0.05) is 4.90 Å². The maximum Gasteiger partial charge on any atom is 0.133 e. The molecule has 0 aliphatic carbocycles. The first kappa shape index (κ1) is 14.8. The van der Waals surface area contributed by atoms with E-state index >= 15 is 0 Å². The van der Waals surface area contributed by atoms with E-state index in [2.05, 4.69) is 12.1 Å². The normalized spacial score (nSPS) is 10.3. The van der Waals surface area contributed by atoms with Crippen molar-refractivity contribution in [3.8, 4) is 11.5 Å². The Balaban J connectivity index is 2.36. The average Bonchev–Trinajstić information content (AvgIpc) is 2.49. The number of nitrogens with two attached hydrogens (primary N) is 1. The molecule has 0 spiro atoms. The van der Waals surface area contributed by atoms with Crippen molar-refractivity contribution in [2.24, 2.45) is 5.73 Å². The van der Waals surface area contributed by atoms with Crippen LogP contribution in [-0.4, -0.2) is 20.8 Å². The highest BCUT2D eigenvalue weighted by Gasteiger charge is 2.12. The third-order valence-electron chi connectivity index (χ3n) is 2.95. The van der Waals surface area contributed by atoms with Crippen molar-refractivity contribution in [3.63, 3.8) is 0 Å². The lowest BCUT2D eigenvalue weighted by atomic mass is 10.1. The highest BCUT2D eigenvalue weighted by atomic mass is 32.2. The first-order valence-corrected chi connectivity index (χ1v) is 7.28. The molecule has 0 saturated carbocycles. The Kier molecular flexibility index (Phi) is 5.32. The van der Waals surface area contributed by atoms with E-state index in [-0.39, 0.29) is 0 Å². The SMILES string of the molecule is COc1cc(Sc2ccccc2)c(OC)cc1CCN. The molecule has 0 saturated heterocycles. The smallest absolute Gasteiger partial charge is 0.133 e. The molecule has 0 radical (unpaired) electrons. The van der Waals surface area contributed by atoms with Gasteiger partial charge in [-0.2, -0.15) is 0 Å². The Bertz CT molecular complexity index is 558. The van der Waals surface area contributed by atoms with Crippen molar-refractivity contribution in [3.05, 3.63) is 48.0 Å². The highest BCUT2D eigenvalue weighted by molar-refractivity contribution is 7.99. The first-order chi connectivity index (χ1) is 9.78. The van der Waals surface area contributed by atoms with E-state index in [1.165, 1.54) is 4.90 Å². The molecule has 3 nitrogen and oxygen atoms in total. The summed E-state index contributed by atoms with van der Waals surface area (Å²) >= 11 is 1.66. The minimum Gasteiger partial charge on any atom is -0.496 e. The zero-order chi connectivity index (χ0) is 14.4. The van der Waals surface area contributed by atoms with Crippen LogP contribution in [0.2, 0.25) is 0 Å². The van der Waals surface area contributed by atoms with Gasteiger partial charge in [-0.05, 0) is 42.8 Å². The summed E-state index contributed by atoms with van der Waals surface area (Å²) in [7, 11) is 3.36. The van der Waals surface area contributed by atoms with Crippen LogP contribution in [0.15, 0.2) is 52.3 Å². The summed E-state index contributed by atoms with van der Waals surface area (Å²) in [6.07, 6.45) is 0.774. The minimum atomic E-state index is 0.588. The molecule has 0 unspecified atom stereocenters. The van der Waals surface area contributed by atoms with Crippen LogP contribution in [0, 0.1) is 0 Å². The van der Waals surface area contributed by atoms with Crippen molar-refractivity contribution in [1.82, 2.24) is 0 Å². The fourth-order valence-electron chi connectivity index (χ4n) is 1.98. The molecule has 0 atom stereocenters. The zero-order valence-electron chi connectivity index (χ0n) is 11.8. The molecule has 0 fully saturated rings. The Labute approximate surface area is 124 Å². The Morgan fingerprint density at radius 2 is 1.70 bits per heavy atom. The number of hydrogen-bond donors (Lipinski definition) is 1. The maximum atomic E-state index is 5.64. The standard InChI is InChI=1S/C16H19NO2S/c1-18-14-11-16(20-13-6-4-3-5-7-13)15(19-2)10-12(14)8-9-17/h3-7,10-11H,8-9,17H2,1-2H3. The monoisotopic (exact) mass is 289 g/mol. The molecule has 2 rings (SSSR count). The second-order valence-electron chi connectivity index (χ2n) is 4.27. The first-order valence-electron chi connectivity index (χ1n) is 6.46. The zero-order valence-corrected chi connectivity index (χ0v) is 12.6. The molecule has 0 aromatic heterocycles. The Morgan fingerprint density at radius 3 is 2.30 bits per heavy atom. The van der Waals surface area contributed by atoms with Gasteiger partial charge in [-0.25, -0.2) is 0 Å². The van der Waals surface area contributed by atoms with E-state index < -0.39 is 0 Å². The van der Waals surface area contributed by atoms with E-state index in [9.17, 15) is 0 Å². The molecular weight excluding hydrogens is 270 g/mol. The van der Waals surface area contributed by atoms with E-state index in [4.69, 9.17) is 15.2 Å². The van der Waals surface area contributed by atoms with Gasteiger partial charge in [0.1, 0.15) is 11.5 Å². The summed E-state index contributed by atoms with van der Waals surface area (Å²) in [5.74, 6) is 1.71. The fraction of sp³-hybridized carbons (Fsp3) is 0.250. The molecule has 0 heterocycles. The minimum absolute atomic E-state index is 0.588. The van der Waals surface area contributed by atoms with Gasteiger partial charge in [0.15, 0.2) is 0 Å². The summed E-state index contributed by atoms with van der Waals surface area (Å²) in [6, 6.07) is 14.2. The quantitative estimate of drug-likeness (QED) is 0.885. The highest BCUT2D eigenvalue weighted by Crippen LogP contribution is 2.39. The molecule has 0 amide bonds. The topological polar surface area (TPSA) is 44.5 Å². The van der Waals surface area contributed by atoms with E-state index in [1.54, 1.807) is 26.0 Å². The molecule has 0 aliphatic heterocycles. The Hall–Kier alpha value is -1.65. The van der Waals surface area contributed by atoms with Gasteiger partial charge < -0.3 is 15.2 Å². The molecule has 20 heavy (non-hydrogen) atoms. The molecule has 0 bridgehead atoms. The van der Waals surface area contributed by atoms with Gasteiger partial charge in [-0.15, -0.1) is 0 Å². The Morgan fingerprint density at radius 1 is 1.00 bits per heavy atom. The molecular formula is C16H19NO2S. The van der Waals surface area contributed by atoms with Crippen LogP contribution in [0.5, 0.6) is 11.5 Å². The molecule has 2 N–H and O–H groups in total. The third-order valence-corrected chi connectivity index (χ3v) is 4.00. The molecule has 0 aliphatic rings.